The second kappa shape index (κ2) is 10.7. The zero-order valence-electron chi connectivity index (χ0n) is 22.4. The second-order valence-electron chi connectivity index (χ2n) is 10.7. The molecule has 10 nitrogen and oxygen atoms in total. The summed E-state index contributed by atoms with van der Waals surface area (Å²) in [5.74, 6) is 0.711. The maximum Gasteiger partial charge on any atom is 0.336 e. The quantitative estimate of drug-likeness (QED) is 0.433. The van der Waals surface area contributed by atoms with Gasteiger partial charge in [0.05, 0.1) is 30.4 Å². The van der Waals surface area contributed by atoms with Gasteiger partial charge in [0.1, 0.15) is 6.61 Å². The Morgan fingerprint density at radius 2 is 2.10 bits per heavy atom. The van der Waals surface area contributed by atoms with E-state index in [1.54, 1.807) is 4.90 Å². The van der Waals surface area contributed by atoms with Crippen LogP contribution in [0.2, 0.25) is 0 Å². The molecule has 10 heteroatoms. The molecular formula is C29H34N8O2. The van der Waals surface area contributed by atoms with Gasteiger partial charge in [-0.3, -0.25) is 4.79 Å². The molecule has 1 amide bonds. The molecule has 2 fully saturated rings. The molecular weight excluding hydrogens is 492 g/mol. The predicted molar refractivity (Wildman–Crippen MR) is 147 cm³/mol. The largest absolute Gasteiger partial charge is 0.461 e. The molecule has 3 aromatic rings. The van der Waals surface area contributed by atoms with Gasteiger partial charge in [-0.05, 0) is 56.5 Å². The third-order valence-corrected chi connectivity index (χ3v) is 8.48. The van der Waals surface area contributed by atoms with E-state index >= 15 is 0 Å². The van der Waals surface area contributed by atoms with Crippen LogP contribution >= 0.6 is 0 Å². The third-order valence-electron chi connectivity index (χ3n) is 8.48. The zero-order valence-corrected chi connectivity index (χ0v) is 22.4. The molecule has 4 heterocycles. The fraction of sp³-hybridized carbons (Fsp3) is 0.483. The van der Waals surface area contributed by atoms with Crippen molar-refractivity contribution in [3.8, 4) is 12.1 Å². The number of anilines is 1. The van der Waals surface area contributed by atoms with E-state index in [1.807, 2.05) is 10.7 Å². The highest BCUT2D eigenvalue weighted by molar-refractivity contribution is 5.87. The summed E-state index contributed by atoms with van der Waals surface area (Å²) in [6.45, 7) is 6.73. The molecule has 39 heavy (non-hydrogen) atoms. The SMILES string of the molecule is C=CC(=O)N1CCN(c2nc(OCC3CCCN3C)nn3c(C4CCc5ccccc54)cnc23)C[C@@H]1CC#N. The van der Waals surface area contributed by atoms with E-state index in [-0.39, 0.29) is 24.3 Å². The average molecular weight is 527 g/mol. The van der Waals surface area contributed by atoms with Crippen molar-refractivity contribution < 1.29 is 9.53 Å². The highest BCUT2D eigenvalue weighted by Gasteiger charge is 2.33. The Bertz CT molecular complexity index is 1430. The molecule has 1 aliphatic carbocycles. The molecule has 3 aliphatic rings. The van der Waals surface area contributed by atoms with Gasteiger partial charge in [-0.1, -0.05) is 30.8 Å². The van der Waals surface area contributed by atoms with Crippen LogP contribution in [0.25, 0.3) is 5.65 Å². The Labute approximate surface area is 228 Å². The number of rotatable bonds is 7. The Kier molecular flexibility index (Phi) is 6.92. The first-order chi connectivity index (χ1) is 19.1. The van der Waals surface area contributed by atoms with Crippen LogP contribution in [0.15, 0.2) is 43.1 Å². The number of carbonyl (C=O) groups excluding carboxylic acids is 1. The molecule has 2 aliphatic heterocycles. The smallest absolute Gasteiger partial charge is 0.336 e. The summed E-state index contributed by atoms with van der Waals surface area (Å²) >= 11 is 0. The van der Waals surface area contributed by atoms with Crippen molar-refractivity contribution in [3.63, 3.8) is 0 Å². The van der Waals surface area contributed by atoms with Crippen molar-refractivity contribution in [3.05, 3.63) is 59.9 Å². The van der Waals surface area contributed by atoms with Gasteiger partial charge in [0.25, 0.3) is 0 Å². The fourth-order valence-corrected chi connectivity index (χ4v) is 6.34. The first kappa shape index (κ1) is 25.3. The molecule has 0 radical (unpaired) electrons. The number of fused-ring (bicyclic) bond motifs is 2. The van der Waals surface area contributed by atoms with Crippen LogP contribution in [0.3, 0.4) is 0 Å². The van der Waals surface area contributed by atoms with Crippen LogP contribution in [0, 0.1) is 11.3 Å². The minimum atomic E-state index is -0.267. The van der Waals surface area contributed by atoms with Crippen molar-refractivity contribution in [1.82, 2.24) is 29.4 Å². The number of piperazine rings is 1. The molecule has 0 spiro atoms. The second-order valence-corrected chi connectivity index (χ2v) is 10.7. The number of carbonyl (C=O) groups is 1. The van der Waals surface area contributed by atoms with Crippen LogP contribution in [0.5, 0.6) is 6.01 Å². The summed E-state index contributed by atoms with van der Waals surface area (Å²) in [4.78, 5) is 28.3. The number of likely N-dealkylation sites (tertiary alicyclic amines) is 1. The summed E-state index contributed by atoms with van der Waals surface area (Å²) in [5, 5.41) is 14.3. The lowest BCUT2D eigenvalue weighted by molar-refractivity contribution is -0.128. The number of aromatic nitrogens is 4. The monoisotopic (exact) mass is 526 g/mol. The molecule has 0 saturated carbocycles. The third kappa shape index (κ3) is 4.72. The molecule has 1 aromatic carbocycles. The first-order valence-corrected chi connectivity index (χ1v) is 13.8. The van der Waals surface area contributed by atoms with Crippen molar-refractivity contribution in [2.45, 2.75) is 50.1 Å². The van der Waals surface area contributed by atoms with Crippen molar-refractivity contribution in [2.24, 2.45) is 0 Å². The summed E-state index contributed by atoms with van der Waals surface area (Å²) in [5.41, 5.74) is 4.38. The number of hydrogen-bond donors (Lipinski definition) is 0. The summed E-state index contributed by atoms with van der Waals surface area (Å²) < 4.78 is 8.14. The van der Waals surface area contributed by atoms with Crippen LogP contribution in [0.1, 0.15) is 48.4 Å². The normalized spacial score (nSPS) is 23.1. The van der Waals surface area contributed by atoms with Crippen molar-refractivity contribution in [2.75, 3.05) is 44.7 Å². The molecule has 202 valence electrons. The molecule has 2 saturated heterocycles. The van der Waals surface area contributed by atoms with E-state index in [0.29, 0.717) is 49.8 Å². The van der Waals surface area contributed by atoms with Crippen LogP contribution < -0.4 is 9.64 Å². The van der Waals surface area contributed by atoms with E-state index in [0.717, 1.165) is 37.9 Å². The minimum Gasteiger partial charge on any atom is -0.461 e. The molecule has 2 aromatic heterocycles. The van der Waals surface area contributed by atoms with Crippen molar-refractivity contribution >= 4 is 17.4 Å². The number of nitriles is 1. The van der Waals surface area contributed by atoms with Gasteiger partial charge in [-0.25, -0.2) is 9.50 Å². The number of likely N-dealkylation sites (N-methyl/N-ethyl adjacent to an activating group) is 1. The Hall–Kier alpha value is -3.97. The number of imidazole rings is 1. The van der Waals surface area contributed by atoms with Gasteiger partial charge in [-0.15, -0.1) is 5.10 Å². The standard InChI is InChI=1S/C29H34N8O2/c1-3-26(38)36-16-15-35(18-21(36)12-13-30)28-27-31-17-25(24-11-10-20-7-4-5-9-23(20)24)37(27)33-29(32-28)39-19-22-8-6-14-34(22)2/h3-5,7,9,17,21-22,24H,1,6,8,10-12,14-16,18-19H2,2H3/t21-,22?,24?/m0/s1. The number of nitrogens with zero attached hydrogens (tertiary/aromatic N) is 8. The van der Waals surface area contributed by atoms with E-state index in [4.69, 9.17) is 19.8 Å². The Morgan fingerprint density at radius 1 is 1.23 bits per heavy atom. The van der Waals surface area contributed by atoms with Gasteiger partial charge >= 0.3 is 6.01 Å². The highest BCUT2D eigenvalue weighted by Crippen LogP contribution is 2.39. The number of hydrogen-bond acceptors (Lipinski definition) is 8. The maximum atomic E-state index is 12.5. The van der Waals surface area contributed by atoms with Crippen LogP contribution in [-0.4, -0.2) is 87.2 Å². The van der Waals surface area contributed by atoms with Gasteiger partial charge in [0.15, 0.2) is 11.5 Å². The number of ether oxygens (including phenoxy) is 1. The summed E-state index contributed by atoms with van der Waals surface area (Å²) in [6.07, 6.45) is 7.74. The van der Waals surface area contributed by atoms with Gasteiger partial charge < -0.3 is 19.4 Å². The molecule has 2 unspecified atom stereocenters. The fourth-order valence-electron chi connectivity index (χ4n) is 6.34. The number of amides is 1. The number of aryl methyl sites for hydroxylation is 1. The van der Waals surface area contributed by atoms with Crippen LogP contribution in [0.4, 0.5) is 5.82 Å². The van der Waals surface area contributed by atoms with E-state index < -0.39 is 0 Å². The predicted octanol–water partition coefficient (Wildman–Crippen LogP) is 2.79. The minimum absolute atomic E-state index is 0.157. The van der Waals surface area contributed by atoms with Crippen molar-refractivity contribution in [1.29, 1.82) is 5.26 Å². The van der Waals surface area contributed by atoms with Crippen LogP contribution in [-0.2, 0) is 11.2 Å². The van der Waals surface area contributed by atoms with E-state index in [9.17, 15) is 10.1 Å². The molecule has 0 N–H and O–H groups in total. The molecule has 3 atom stereocenters. The number of benzene rings is 1. The average Bonchev–Trinajstić information content (AvgIpc) is 3.69. The lowest BCUT2D eigenvalue weighted by atomic mass is 9.98. The first-order valence-electron chi connectivity index (χ1n) is 13.8. The Morgan fingerprint density at radius 3 is 2.90 bits per heavy atom. The van der Waals surface area contributed by atoms with E-state index in [1.165, 1.54) is 17.2 Å². The Balaban J connectivity index is 1.37. The molecule has 0 bridgehead atoms. The highest BCUT2D eigenvalue weighted by atomic mass is 16.5. The topological polar surface area (TPSA) is 103 Å². The van der Waals surface area contributed by atoms with Gasteiger partial charge in [-0.2, -0.15) is 10.2 Å². The van der Waals surface area contributed by atoms with Gasteiger partial charge in [0, 0.05) is 31.6 Å². The summed E-state index contributed by atoms with van der Waals surface area (Å²) in [7, 11) is 2.13. The lowest BCUT2D eigenvalue weighted by Gasteiger charge is -2.40. The van der Waals surface area contributed by atoms with Gasteiger partial charge in [0.2, 0.25) is 5.91 Å². The zero-order chi connectivity index (χ0) is 26.9. The molecule has 6 rings (SSSR count). The van der Waals surface area contributed by atoms with E-state index in [2.05, 4.69) is 53.8 Å². The lowest BCUT2D eigenvalue weighted by Crippen LogP contribution is -2.55. The summed E-state index contributed by atoms with van der Waals surface area (Å²) in [6, 6.07) is 11.2. The maximum absolute atomic E-state index is 12.5.